The molecule has 0 aliphatic carbocycles. The van der Waals surface area contributed by atoms with Crippen molar-refractivity contribution in [1.82, 2.24) is 15.1 Å². The van der Waals surface area contributed by atoms with Crippen LogP contribution in [-0.2, 0) is 6.42 Å². The fraction of sp³-hybridized carbons (Fsp3) is 0.375. The lowest BCUT2D eigenvalue weighted by atomic mass is 10.0. The number of carbonyl (C=O) groups is 1. The maximum absolute atomic E-state index is 12.7. The van der Waals surface area contributed by atoms with Gasteiger partial charge < -0.3 is 4.90 Å². The number of nitrogens with zero attached hydrogens (tertiary/aromatic N) is 2. The summed E-state index contributed by atoms with van der Waals surface area (Å²) < 4.78 is 0.751. The van der Waals surface area contributed by atoms with E-state index in [4.69, 9.17) is 11.6 Å². The van der Waals surface area contributed by atoms with Crippen molar-refractivity contribution in [2.24, 2.45) is 0 Å². The first-order valence-corrected chi connectivity index (χ1v) is 8.50. The molecule has 1 aliphatic heterocycles. The molecular weight excluding hydrogens is 366 g/mol. The van der Waals surface area contributed by atoms with Crippen molar-refractivity contribution in [3.63, 3.8) is 0 Å². The van der Waals surface area contributed by atoms with Gasteiger partial charge in [0.05, 0.1) is 4.47 Å². The van der Waals surface area contributed by atoms with Crippen LogP contribution in [0.5, 0.6) is 0 Å². The predicted octanol–water partition coefficient (Wildman–Crippen LogP) is 3.98. The van der Waals surface area contributed by atoms with E-state index in [1.165, 1.54) is 0 Å². The van der Waals surface area contributed by atoms with Crippen molar-refractivity contribution < 1.29 is 4.79 Å². The fourth-order valence-electron chi connectivity index (χ4n) is 2.93. The average molecular weight is 383 g/mol. The number of aromatic nitrogens is 2. The molecule has 1 aliphatic rings. The molecule has 1 aromatic heterocycles. The monoisotopic (exact) mass is 381 g/mol. The van der Waals surface area contributed by atoms with E-state index in [0.717, 1.165) is 46.6 Å². The van der Waals surface area contributed by atoms with Gasteiger partial charge in [-0.1, -0.05) is 29.8 Å². The lowest BCUT2D eigenvalue weighted by Crippen LogP contribution is -2.37. The molecule has 4 nitrogen and oxygen atoms in total. The first kappa shape index (κ1) is 15.6. The van der Waals surface area contributed by atoms with E-state index in [1.54, 1.807) is 0 Å². The second kappa shape index (κ2) is 6.42. The molecule has 0 radical (unpaired) electrons. The largest absolute Gasteiger partial charge is 0.334 e. The minimum Gasteiger partial charge on any atom is -0.334 e. The Morgan fingerprint density at radius 2 is 2.27 bits per heavy atom. The lowest BCUT2D eigenvalue weighted by molar-refractivity contribution is 0.0729. The second-order valence-corrected chi connectivity index (χ2v) is 6.80. The van der Waals surface area contributed by atoms with E-state index in [9.17, 15) is 4.79 Å². The van der Waals surface area contributed by atoms with Gasteiger partial charge >= 0.3 is 0 Å². The van der Waals surface area contributed by atoms with Crippen LogP contribution < -0.4 is 0 Å². The lowest BCUT2D eigenvalue weighted by Gasteiger charge is -2.24. The fourth-order valence-corrected chi connectivity index (χ4v) is 3.49. The SMILES string of the molecule is Cc1[nH]nc(C(=O)N2CCCC2Cc2ccccc2Cl)c1Br. The summed E-state index contributed by atoms with van der Waals surface area (Å²) in [6, 6.07) is 8.00. The summed E-state index contributed by atoms with van der Waals surface area (Å²) in [5.74, 6) is -0.0224. The molecule has 1 N–H and O–H groups in total. The number of hydrogen-bond donors (Lipinski definition) is 1. The highest BCUT2D eigenvalue weighted by atomic mass is 79.9. The Kier molecular flexibility index (Phi) is 4.54. The highest BCUT2D eigenvalue weighted by Gasteiger charge is 2.32. The van der Waals surface area contributed by atoms with Crippen molar-refractivity contribution in [3.8, 4) is 0 Å². The van der Waals surface area contributed by atoms with Crippen LogP contribution in [0.15, 0.2) is 28.7 Å². The number of likely N-dealkylation sites (tertiary alicyclic amines) is 1. The Morgan fingerprint density at radius 3 is 2.95 bits per heavy atom. The van der Waals surface area contributed by atoms with Crippen LogP contribution in [0.25, 0.3) is 0 Å². The van der Waals surface area contributed by atoms with E-state index in [2.05, 4.69) is 26.1 Å². The number of aromatic amines is 1. The van der Waals surface area contributed by atoms with E-state index >= 15 is 0 Å². The Hall–Kier alpha value is -1.33. The van der Waals surface area contributed by atoms with Gasteiger partial charge in [0.15, 0.2) is 5.69 Å². The zero-order valence-electron chi connectivity index (χ0n) is 12.3. The predicted molar refractivity (Wildman–Crippen MR) is 90.2 cm³/mol. The first-order valence-electron chi connectivity index (χ1n) is 7.32. The molecule has 3 rings (SSSR count). The third-order valence-electron chi connectivity index (χ3n) is 4.13. The highest BCUT2D eigenvalue weighted by molar-refractivity contribution is 9.10. The molecule has 1 aromatic carbocycles. The van der Waals surface area contributed by atoms with Gasteiger partial charge in [-0.05, 0) is 53.7 Å². The zero-order chi connectivity index (χ0) is 15.7. The van der Waals surface area contributed by atoms with Crippen LogP contribution in [-0.4, -0.2) is 33.6 Å². The smallest absolute Gasteiger partial charge is 0.275 e. The summed E-state index contributed by atoms with van der Waals surface area (Å²) in [6.07, 6.45) is 2.80. The molecule has 116 valence electrons. The van der Waals surface area contributed by atoms with Gasteiger partial charge in [0.1, 0.15) is 0 Å². The summed E-state index contributed by atoms with van der Waals surface area (Å²) >= 11 is 9.68. The topological polar surface area (TPSA) is 49.0 Å². The number of benzene rings is 1. The third kappa shape index (κ3) is 2.92. The Labute approximate surface area is 143 Å². The van der Waals surface area contributed by atoms with Gasteiger partial charge in [0.25, 0.3) is 5.91 Å². The molecule has 1 amide bonds. The summed E-state index contributed by atoms with van der Waals surface area (Å²) in [5, 5.41) is 7.74. The van der Waals surface area contributed by atoms with Crippen LogP contribution in [0.4, 0.5) is 0 Å². The molecule has 22 heavy (non-hydrogen) atoms. The minimum atomic E-state index is -0.0224. The van der Waals surface area contributed by atoms with Gasteiger partial charge in [0, 0.05) is 23.3 Å². The van der Waals surface area contributed by atoms with Crippen LogP contribution in [0, 0.1) is 6.92 Å². The Morgan fingerprint density at radius 1 is 1.50 bits per heavy atom. The quantitative estimate of drug-likeness (QED) is 0.873. The van der Waals surface area contributed by atoms with E-state index < -0.39 is 0 Å². The molecule has 6 heteroatoms. The third-order valence-corrected chi connectivity index (χ3v) is 5.47. The van der Waals surface area contributed by atoms with Gasteiger partial charge in [-0.2, -0.15) is 5.10 Å². The van der Waals surface area contributed by atoms with Crippen LogP contribution in [0.2, 0.25) is 5.02 Å². The summed E-state index contributed by atoms with van der Waals surface area (Å²) in [7, 11) is 0. The average Bonchev–Trinajstić information content (AvgIpc) is 3.09. The molecule has 1 atom stereocenters. The molecule has 1 unspecified atom stereocenters. The van der Waals surface area contributed by atoms with E-state index in [1.807, 2.05) is 36.1 Å². The van der Waals surface area contributed by atoms with Crippen molar-refractivity contribution in [3.05, 3.63) is 50.7 Å². The maximum atomic E-state index is 12.7. The molecule has 0 spiro atoms. The van der Waals surface area contributed by atoms with Crippen LogP contribution in [0.1, 0.15) is 34.6 Å². The van der Waals surface area contributed by atoms with Crippen molar-refractivity contribution in [2.45, 2.75) is 32.2 Å². The summed E-state index contributed by atoms with van der Waals surface area (Å²) in [6.45, 7) is 2.66. The van der Waals surface area contributed by atoms with Gasteiger partial charge in [-0.25, -0.2) is 0 Å². The van der Waals surface area contributed by atoms with E-state index in [0.29, 0.717) is 5.69 Å². The first-order chi connectivity index (χ1) is 10.6. The minimum absolute atomic E-state index is 0.0224. The molecule has 0 bridgehead atoms. The van der Waals surface area contributed by atoms with Crippen LogP contribution >= 0.6 is 27.5 Å². The van der Waals surface area contributed by atoms with Gasteiger partial charge in [-0.3, -0.25) is 9.89 Å². The molecule has 2 heterocycles. The van der Waals surface area contributed by atoms with E-state index in [-0.39, 0.29) is 11.9 Å². The molecular formula is C16H17BrClN3O. The van der Waals surface area contributed by atoms with Crippen molar-refractivity contribution in [2.75, 3.05) is 6.54 Å². The summed E-state index contributed by atoms with van der Waals surface area (Å²) in [4.78, 5) is 14.7. The number of H-pyrrole nitrogens is 1. The van der Waals surface area contributed by atoms with Crippen molar-refractivity contribution in [1.29, 1.82) is 0 Å². The number of halogens is 2. The number of amides is 1. The van der Waals surface area contributed by atoms with Crippen molar-refractivity contribution >= 4 is 33.4 Å². The number of hydrogen-bond acceptors (Lipinski definition) is 2. The van der Waals surface area contributed by atoms with Gasteiger partial charge in [0.2, 0.25) is 0 Å². The number of rotatable bonds is 3. The Balaban J connectivity index is 1.80. The standard InChI is InChI=1S/C16H17BrClN3O/c1-10-14(17)15(20-19-10)16(22)21-8-4-6-12(21)9-11-5-2-3-7-13(11)18/h2-3,5,7,12H,4,6,8-9H2,1H3,(H,19,20). The van der Waals surface area contributed by atoms with Gasteiger partial charge in [-0.15, -0.1) is 0 Å². The molecule has 1 fully saturated rings. The van der Waals surface area contributed by atoms with Crippen LogP contribution in [0.3, 0.4) is 0 Å². The normalized spacial score (nSPS) is 18.0. The maximum Gasteiger partial charge on any atom is 0.275 e. The molecule has 1 saturated heterocycles. The number of nitrogens with one attached hydrogen (secondary N) is 1. The molecule has 2 aromatic rings. The second-order valence-electron chi connectivity index (χ2n) is 5.60. The Bertz CT molecular complexity index is 700. The molecule has 0 saturated carbocycles. The number of aryl methyl sites for hydroxylation is 1. The summed E-state index contributed by atoms with van der Waals surface area (Å²) in [5.41, 5.74) is 2.42. The zero-order valence-corrected chi connectivity index (χ0v) is 14.6. The number of carbonyl (C=O) groups excluding carboxylic acids is 1. The highest BCUT2D eigenvalue weighted by Crippen LogP contribution is 2.28.